The highest BCUT2D eigenvalue weighted by atomic mass is 16.3. The van der Waals surface area contributed by atoms with Crippen molar-refractivity contribution in [3.05, 3.63) is 65.2 Å². The van der Waals surface area contributed by atoms with Crippen LogP contribution in [0.3, 0.4) is 0 Å². The molecule has 0 fully saturated rings. The summed E-state index contributed by atoms with van der Waals surface area (Å²) in [6, 6.07) is 15.9. The summed E-state index contributed by atoms with van der Waals surface area (Å²) in [6.07, 6.45) is 0.0985. The van der Waals surface area contributed by atoms with Crippen molar-refractivity contribution in [2.24, 2.45) is 5.73 Å². The zero-order chi connectivity index (χ0) is 15.2. The summed E-state index contributed by atoms with van der Waals surface area (Å²) < 4.78 is 0. The molecule has 0 aliphatic carbocycles. The van der Waals surface area contributed by atoms with E-state index in [1.165, 1.54) is 11.1 Å². The van der Waals surface area contributed by atoms with Gasteiger partial charge in [-0.05, 0) is 43.0 Å². The van der Waals surface area contributed by atoms with Crippen molar-refractivity contribution in [2.45, 2.75) is 32.4 Å². The Morgan fingerprint density at radius 1 is 1.05 bits per heavy atom. The van der Waals surface area contributed by atoms with Gasteiger partial charge >= 0.3 is 0 Å². The van der Waals surface area contributed by atoms with Gasteiger partial charge in [0.15, 0.2) is 0 Å². The Kier molecular flexibility index (Phi) is 5.37. The van der Waals surface area contributed by atoms with E-state index in [-0.39, 0.29) is 6.04 Å². The van der Waals surface area contributed by atoms with E-state index in [0.29, 0.717) is 13.0 Å². The van der Waals surface area contributed by atoms with Crippen molar-refractivity contribution in [3.8, 4) is 0 Å². The van der Waals surface area contributed by atoms with Crippen LogP contribution in [0.1, 0.15) is 16.7 Å². The van der Waals surface area contributed by atoms with Crippen molar-refractivity contribution < 1.29 is 5.11 Å². The first-order valence-electron chi connectivity index (χ1n) is 7.35. The maximum absolute atomic E-state index is 10.2. The van der Waals surface area contributed by atoms with Crippen LogP contribution >= 0.6 is 0 Å². The summed E-state index contributed by atoms with van der Waals surface area (Å²) in [4.78, 5) is 0. The van der Waals surface area contributed by atoms with Crippen molar-refractivity contribution in [1.29, 1.82) is 0 Å². The molecule has 112 valence electrons. The van der Waals surface area contributed by atoms with Crippen molar-refractivity contribution in [2.75, 3.05) is 11.9 Å². The van der Waals surface area contributed by atoms with Crippen LogP contribution in [0, 0.1) is 13.8 Å². The first kappa shape index (κ1) is 15.5. The molecule has 2 atom stereocenters. The summed E-state index contributed by atoms with van der Waals surface area (Å²) in [6.45, 7) is 4.62. The van der Waals surface area contributed by atoms with Crippen molar-refractivity contribution in [3.63, 3.8) is 0 Å². The molecule has 0 aliphatic heterocycles. The van der Waals surface area contributed by atoms with E-state index in [1.807, 2.05) is 42.5 Å². The third-order valence-electron chi connectivity index (χ3n) is 3.91. The second-order valence-corrected chi connectivity index (χ2v) is 5.55. The highest BCUT2D eigenvalue weighted by Crippen LogP contribution is 2.18. The van der Waals surface area contributed by atoms with E-state index >= 15 is 0 Å². The number of nitrogens with two attached hydrogens (primary N) is 1. The quantitative estimate of drug-likeness (QED) is 0.764. The standard InChI is InChI=1S/C18H24N2O/c1-13-7-6-10-17(14(13)2)20-12-18(21)16(19)11-15-8-4-3-5-9-15/h3-10,16,18,20-21H,11-12,19H2,1-2H3/t16-,18+/m0/s1. The molecule has 2 rings (SSSR count). The topological polar surface area (TPSA) is 58.3 Å². The Balaban J connectivity index is 1.89. The smallest absolute Gasteiger partial charge is 0.0866 e. The Bertz CT molecular complexity index is 569. The Labute approximate surface area is 126 Å². The lowest BCUT2D eigenvalue weighted by Crippen LogP contribution is -2.41. The molecule has 0 saturated heterocycles. The summed E-state index contributed by atoms with van der Waals surface area (Å²) >= 11 is 0. The number of nitrogens with one attached hydrogen (secondary N) is 1. The largest absolute Gasteiger partial charge is 0.390 e. The van der Waals surface area contributed by atoms with Gasteiger partial charge in [0.1, 0.15) is 0 Å². The number of benzene rings is 2. The lowest BCUT2D eigenvalue weighted by atomic mass is 10.0. The van der Waals surface area contributed by atoms with Gasteiger partial charge in [-0.1, -0.05) is 42.5 Å². The van der Waals surface area contributed by atoms with Gasteiger partial charge in [-0.3, -0.25) is 0 Å². The number of rotatable bonds is 6. The van der Waals surface area contributed by atoms with E-state index in [9.17, 15) is 5.11 Å². The van der Waals surface area contributed by atoms with Crippen LogP contribution in [0.25, 0.3) is 0 Å². The van der Waals surface area contributed by atoms with Crippen LogP contribution < -0.4 is 11.1 Å². The number of hydrogen-bond donors (Lipinski definition) is 3. The molecule has 0 spiro atoms. The molecule has 0 unspecified atom stereocenters. The van der Waals surface area contributed by atoms with Crippen LogP contribution in [0.2, 0.25) is 0 Å². The molecule has 0 saturated carbocycles. The molecular weight excluding hydrogens is 260 g/mol. The van der Waals surface area contributed by atoms with Crippen LogP contribution in [0.5, 0.6) is 0 Å². The highest BCUT2D eigenvalue weighted by molar-refractivity contribution is 5.53. The van der Waals surface area contributed by atoms with Gasteiger partial charge in [0.25, 0.3) is 0 Å². The van der Waals surface area contributed by atoms with E-state index in [4.69, 9.17) is 5.73 Å². The minimum Gasteiger partial charge on any atom is -0.390 e. The molecule has 3 nitrogen and oxygen atoms in total. The van der Waals surface area contributed by atoms with Gasteiger partial charge in [0, 0.05) is 18.3 Å². The average Bonchev–Trinajstić information content (AvgIpc) is 2.49. The summed E-state index contributed by atoms with van der Waals surface area (Å²) in [7, 11) is 0. The fraction of sp³-hybridized carbons (Fsp3) is 0.333. The fourth-order valence-electron chi connectivity index (χ4n) is 2.33. The summed E-state index contributed by atoms with van der Waals surface area (Å²) in [5.74, 6) is 0. The average molecular weight is 284 g/mol. The third-order valence-corrected chi connectivity index (χ3v) is 3.91. The lowest BCUT2D eigenvalue weighted by molar-refractivity contribution is 0.156. The highest BCUT2D eigenvalue weighted by Gasteiger charge is 2.15. The molecule has 0 radical (unpaired) electrons. The third kappa shape index (κ3) is 4.31. The lowest BCUT2D eigenvalue weighted by Gasteiger charge is -2.21. The van der Waals surface area contributed by atoms with E-state index in [1.54, 1.807) is 0 Å². The van der Waals surface area contributed by atoms with Gasteiger partial charge in [-0.15, -0.1) is 0 Å². The molecular formula is C18H24N2O. The van der Waals surface area contributed by atoms with Crippen LogP contribution in [-0.4, -0.2) is 23.8 Å². The molecule has 2 aromatic carbocycles. The molecule has 0 aliphatic rings. The number of aryl methyl sites for hydroxylation is 1. The molecule has 0 aromatic heterocycles. The molecule has 21 heavy (non-hydrogen) atoms. The monoisotopic (exact) mass is 284 g/mol. The summed E-state index contributed by atoms with van der Waals surface area (Å²) in [5, 5.41) is 13.5. The zero-order valence-corrected chi connectivity index (χ0v) is 12.7. The maximum Gasteiger partial charge on any atom is 0.0866 e. The summed E-state index contributed by atoms with van der Waals surface area (Å²) in [5.41, 5.74) is 10.7. The Morgan fingerprint density at radius 3 is 2.48 bits per heavy atom. The molecule has 3 heteroatoms. The number of aliphatic hydroxyl groups is 1. The Hall–Kier alpha value is -1.84. The van der Waals surface area contributed by atoms with Crippen LogP contribution in [0.15, 0.2) is 48.5 Å². The first-order valence-corrected chi connectivity index (χ1v) is 7.35. The minimum absolute atomic E-state index is 0.273. The predicted octanol–water partition coefficient (Wildman–Crippen LogP) is 2.65. The Morgan fingerprint density at radius 2 is 1.76 bits per heavy atom. The fourth-order valence-corrected chi connectivity index (χ4v) is 2.33. The second-order valence-electron chi connectivity index (χ2n) is 5.55. The predicted molar refractivity (Wildman–Crippen MR) is 88.5 cm³/mol. The van der Waals surface area contributed by atoms with Gasteiger partial charge in [-0.25, -0.2) is 0 Å². The van der Waals surface area contributed by atoms with Gasteiger partial charge in [-0.2, -0.15) is 0 Å². The van der Waals surface area contributed by atoms with E-state index in [0.717, 1.165) is 11.3 Å². The SMILES string of the molecule is Cc1cccc(NC[C@@H](O)[C@@H](N)Cc2ccccc2)c1C. The first-order chi connectivity index (χ1) is 10.1. The van der Waals surface area contributed by atoms with Crippen molar-refractivity contribution >= 4 is 5.69 Å². The zero-order valence-electron chi connectivity index (χ0n) is 12.7. The minimum atomic E-state index is -0.579. The molecule has 2 aromatic rings. The van der Waals surface area contributed by atoms with Gasteiger partial charge in [0.2, 0.25) is 0 Å². The molecule has 0 amide bonds. The number of aliphatic hydroxyl groups excluding tert-OH is 1. The number of anilines is 1. The molecule has 4 N–H and O–H groups in total. The van der Waals surface area contributed by atoms with E-state index < -0.39 is 6.10 Å². The molecule has 0 heterocycles. The molecule has 0 bridgehead atoms. The maximum atomic E-state index is 10.2. The van der Waals surface area contributed by atoms with Gasteiger partial charge < -0.3 is 16.2 Å². The number of hydrogen-bond acceptors (Lipinski definition) is 3. The van der Waals surface area contributed by atoms with Crippen LogP contribution in [0.4, 0.5) is 5.69 Å². The van der Waals surface area contributed by atoms with Crippen molar-refractivity contribution in [1.82, 2.24) is 0 Å². The van der Waals surface area contributed by atoms with Crippen LogP contribution in [-0.2, 0) is 6.42 Å². The van der Waals surface area contributed by atoms with E-state index in [2.05, 4.69) is 25.2 Å². The van der Waals surface area contributed by atoms with Gasteiger partial charge in [0.05, 0.1) is 6.10 Å². The second kappa shape index (κ2) is 7.25. The normalized spacial score (nSPS) is 13.7.